The molecule has 2 rings (SSSR count). The number of β-amino-alcohol motifs (C(OH)–C–C–N with tert-alkyl or cyclic N) is 1. The van der Waals surface area contributed by atoms with E-state index in [9.17, 15) is 9.90 Å². The second-order valence-corrected chi connectivity index (χ2v) is 6.35. The van der Waals surface area contributed by atoms with Crippen molar-refractivity contribution < 1.29 is 9.90 Å². The van der Waals surface area contributed by atoms with Crippen molar-refractivity contribution >= 4 is 18.3 Å². The molecular weight excluding hydrogens is 288 g/mol. The molecule has 1 aromatic rings. The Bertz CT molecular complexity index is 457. The summed E-state index contributed by atoms with van der Waals surface area (Å²) in [5.74, 6) is -0.0146. The van der Waals surface area contributed by atoms with Crippen LogP contribution >= 0.6 is 12.4 Å². The molecule has 1 aliphatic rings. The van der Waals surface area contributed by atoms with Crippen LogP contribution in [0.3, 0.4) is 0 Å². The van der Waals surface area contributed by atoms with Crippen LogP contribution in [0.5, 0.6) is 0 Å². The highest BCUT2D eigenvalue weighted by molar-refractivity contribution is 5.85. The van der Waals surface area contributed by atoms with E-state index in [-0.39, 0.29) is 23.7 Å². The van der Waals surface area contributed by atoms with E-state index in [0.29, 0.717) is 25.9 Å². The van der Waals surface area contributed by atoms with Crippen molar-refractivity contribution in [3.8, 4) is 0 Å². The van der Waals surface area contributed by atoms with Gasteiger partial charge in [0.15, 0.2) is 0 Å². The lowest BCUT2D eigenvalue weighted by molar-refractivity contribution is -0.123. The zero-order chi connectivity index (χ0) is 14.6. The van der Waals surface area contributed by atoms with E-state index in [1.807, 2.05) is 30.3 Å². The average Bonchev–Trinajstić information content (AvgIpc) is 2.85. The molecule has 1 amide bonds. The van der Waals surface area contributed by atoms with Crippen molar-refractivity contribution in [2.75, 3.05) is 19.6 Å². The minimum absolute atomic E-state index is 0. The molecule has 3 N–H and O–H groups in total. The first-order valence-corrected chi connectivity index (χ1v) is 7.17. The van der Waals surface area contributed by atoms with Gasteiger partial charge in [-0.15, -0.1) is 12.4 Å². The van der Waals surface area contributed by atoms with E-state index < -0.39 is 5.60 Å². The van der Waals surface area contributed by atoms with Gasteiger partial charge in [-0.1, -0.05) is 44.2 Å². The van der Waals surface area contributed by atoms with Crippen LogP contribution in [-0.2, 0) is 10.2 Å². The van der Waals surface area contributed by atoms with Crippen molar-refractivity contribution in [1.29, 1.82) is 0 Å². The maximum atomic E-state index is 12.1. The second kappa shape index (κ2) is 7.25. The molecule has 1 aromatic carbocycles. The molecule has 1 aliphatic heterocycles. The predicted octanol–water partition coefficient (Wildman–Crippen LogP) is 1.62. The summed E-state index contributed by atoms with van der Waals surface area (Å²) in [5.41, 5.74) is 0.158. The fourth-order valence-corrected chi connectivity index (χ4v) is 2.60. The zero-order valence-corrected chi connectivity index (χ0v) is 13.5. The molecule has 0 spiro atoms. The Labute approximate surface area is 132 Å². The van der Waals surface area contributed by atoms with E-state index in [2.05, 4.69) is 24.5 Å². The average molecular weight is 313 g/mol. The summed E-state index contributed by atoms with van der Waals surface area (Å²) in [6, 6.07) is 10.0. The van der Waals surface area contributed by atoms with Crippen LogP contribution in [0.1, 0.15) is 32.3 Å². The monoisotopic (exact) mass is 312 g/mol. The summed E-state index contributed by atoms with van der Waals surface area (Å²) in [7, 11) is 0. The lowest BCUT2D eigenvalue weighted by atomic mass is 9.81. The lowest BCUT2D eigenvalue weighted by Crippen LogP contribution is -2.45. The van der Waals surface area contributed by atoms with E-state index >= 15 is 0 Å². The quantitative estimate of drug-likeness (QED) is 0.774. The minimum atomic E-state index is -0.785. The Hall–Kier alpha value is -1.10. The highest BCUT2D eigenvalue weighted by Crippen LogP contribution is 2.26. The van der Waals surface area contributed by atoms with Crippen molar-refractivity contribution in [2.45, 2.75) is 37.7 Å². The standard InChI is InChI=1S/C16H24N2O2.ClH/c1-15(2,13-6-4-3-5-7-13)10-14(19)18-12-16(20)8-9-17-11-16;/h3-7,17,20H,8-12H2,1-2H3,(H,18,19);1H. The van der Waals surface area contributed by atoms with E-state index in [0.717, 1.165) is 12.1 Å². The van der Waals surface area contributed by atoms with Gasteiger partial charge < -0.3 is 15.7 Å². The molecule has 1 atom stereocenters. The summed E-state index contributed by atoms with van der Waals surface area (Å²) < 4.78 is 0. The van der Waals surface area contributed by atoms with Crippen molar-refractivity contribution in [3.63, 3.8) is 0 Å². The minimum Gasteiger partial charge on any atom is -0.387 e. The third kappa shape index (κ3) is 4.99. The first-order chi connectivity index (χ1) is 9.41. The van der Waals surface area contributed by atoms with E-state index in [1.165, 1.54) is 0 Å². The Morgan fingerprint density at radius 3 is 2.62 bits per heavy atom. The Balaban J connectivity index is 0.00000220. The Morgan fingerprint density at radius 2 is 2.05 bits per heavy atom. The van der Waals surface area contributed by atoms with Crippen LogP contribution < -0.4 is 10.6 Å². The zero-order valence-electron chi connectivity index (χ0n) is 12.7. The van der Waals surface area contributed by atoms with Crippen molar-refractivity contribution in [3.05, 3.63) is 35.9 Å². The van der Waals surface area contributed by atoms with E-state index in [4.69, 9.17) is 0 Å². The van der Waals surface area contributed by atoms with Gasteiger partial charge in [-0.25, -0.2) is 0 Å². The SMILES string of the molecule is CC(C)(CC(=O)NCC1(O)CCNC1)c1ccccc1.Cl. The largest absolute Gasteiger partial charge is 0.387 e. The first-order valence-electron chi connectivity index (χ1n) is 7.17. The normalized spacial score (nSPS) is 21.7. The molecule has 1 fully saturated rings. The first kappa shape index (κ1) is 18.0. The van der Waals surface area contributed by atoms with Gasteiger partial charge in [0.1, 0.15) is 0 Å². The lowest BCUT2D eigenvalue weighted by Gasteiger charge is -2.26. The fraction of sp³-hybridized carbons (Fsp3) is 0.562. The third-order valence-corrected chi connectivity index (χ3v) is 3.99. The maximum Gasteiger partial charge on any atom is 0.220 e. The van der Waals surface area contributed by atoms with Gasteiger partial charge in [-0.2, -0.15) is 0 Å². The predicted molar refractivity (Wildman–Crippen MR) is 86.8 cm³/mol. The molecule has 118 valence electrons. The smallest absolute Gasteiger partial charge is 0.220 e. The molecule has 21 heavy (non-hydrogen) atoms. The maximum absolute atomic E-state index is 12.1. The van der Waals surface area contributed by atoms with Gasteiger partial charge >= 0.3 is 0 Å². The van der Waals surface area contributed by atoms with Crippen LogP contribution in [0, 0.1) is 0 Å². The number of nitrogens with one attached hydrogen (secondary N) is 2. The van der Waals surface area contributed by atoms with Gasteiger partial charge in [0.2, 0.25) is 5.91 Å². The molecule has 4 nitrogen and oxygen atoms in total. The molecule has 0 aliphatic carbocycles. The summed E-state index contributed by atoms with van der Waals surface area (Å²) >= 11 is 0. The topological polar surface area (TPSA) is 61.4 Å². The number of carbonyl (C=O) groups is 1. The second-order valence-electron chi connectivity index (χ2n) is 6.35. The molecule has 5 heteroatoms. The molecule has 0 radical (unpaired) electrons. The number of halogens is 1. The van der Waals surface area contributed by atoms with Gasteiger partial charge in [-0.3, -0.25) is 4.79 Å². The summed E-state index contributed by atoms with van der Waals surface area (Å²) in [6.45, 7) is 5.81. The molecule has 1 heterocycles. The highest BCUT2D eigenvalue weighted by Gasteiger charge is 2.32. The van der Waals surface area contributed by atoms with Crippen LogP contribution in [-0.4, -0.2) is 36.2 Å². The van der Waals surface area contributed by atoms with Gasteiger partial charge in [0.25, 0.3) is 0 Å². The highest BCUT2D eigenvalue weighted by atomic mass is 35.5. The van der Waals surface area contributed by atoms with Gasteiger partial charge in [0.05, 0.1) is 5.60 Å². The molecule has 0 bridgehead atoms. The number of amides is 1. The van der Waals surface area contributed by atoms with Crippen LogP contribution in [0.25, 0.3) is 0 Å². The summed E-state index contributed by atoms with van der Waals surface area (Å²) in [4.78, 5) is 12.1. The molecule has 1 saturated heterocycles. The van der Waals surface area contributed by atoms with Gasteiger partial charge in [-0.05, 0) is 23.9 Å². The van der Waals surface area contributed by atoms with E-state index in [1.54, 1.807) is 0 Å². The van der Waals surface area contributed by atoms with Crippen LogP contribution in [0.15, 0.2) is 30.3 Å². The number of hydrogen-bond donors (Lipinski definition) is 3. The molecule has 1 unspecified atom stereocenters. The van der Waals surface area contributed by atoms with Crippen LogP contribution in [0.4, 0.5) is 0 Å². The number of benzene rings is 1. The summed E-state index contributed by atoms with van der Waals surface area (Å²) in [6.07, 6.45) is 1.11. The number of rotatable bonds is 5. The van der Waals surface area contributed by atoms with Crippen molar-refractivity contribution in [1.82, 2.24) is 10.6 Å². The third-order valence-electron chi connectivity index (χ3n) is 3.99. The molecular formula is C16H25ClN2O2. The molecule has 0 saturated carbocycles. The Kier molecular flexibility index (Phi) is 6.20. The van der Waals surface area contributed by atoms with Gasteiger partial charge in [0, 0.05) is 19.5 Å². The number of carbonyl (C=O) groups excluding carboxylic acids is 1. The fourth-order valence-electron chi connectivity index (χ4n) is 2.60. The summed E-state index contributed by atoms with van der Waals surface area (Å²) in [5, 5.41) is 16.1. The Morgan fingerprint density at radius 1 is 1.38 bits per heavy atom. The number of hydrogen-bond acceptors (Lipinski definition) is 3. The van der Waals surface area contributed by atoms with Crippen LogP contribution in [0.2, 0.25) is 0 Å². The number of aliphatic hydroxyl groups is 1. The van der Waals surface area contributed by atoms with Crippen molar-refractivity contribution in [2.24, 2.45) is 0 Å². The molecule has 0 aromatic heterocycles.